The molecule has 3 N–H and O–H groups in total. The first-order chi connectivity index (χ1) is 11.6. The third-order valence-electron chi connectivity index (χ3n) is 3.62. The highest BCUT2D eigenvalue weighted by Gasteiger charge is 2.06. The predicted molar refractivity (Wildman–Crippen MR) is 95.7 cm³/mol. The van der Waals surface area contributed by atoms with Crippen LogP contribution < -0.4 is 10.6 Å². The Hall–Kier alpha value is -2.15. The van der Waals surface area contributed by atoms with Gasteiger partial charge in [-0.15, -0.1) is 0 Å². The van der Waals surface area contributed by atoms with Crippen molar-refractivity contribution >= 4 is 27.7 Å². The summed E-state index contributed by atoms with van der Waals surface area (Å²) in [5.74, 6) is -0.235. The van der Waals surface area contributed by atoms with Crippen molar-refractivity contribution in [2.75, 3.05) is 13.1 Å². The first kappa shape index (κ1) is 18.2. The molecule has 0 aliphatic rings. The molecule has 0 bridgehead atoms. The molecule has 0 radical (unpaired) electrons. The Morgan fingerprint density at radius 1 is 1.17 bits per heavy atom. The molecule has 1 aromatic carbocycles. The van der Waals surface area contributed by atoms with Crippen molar-refractivity contribution in [3.63, 3.8) is 0 Å². The van der Waals surface area contributed by atoms with Crippen LogP contribution in [0.2, 0.25) is 0 Å². The van der Waals surface area contributed by atoms with E-state index in [2.05, 4.69) is 36.8 Å². The van der Waals surface area contributed by atoms with Crippen LogP contribution in [0.1, 0.15) is 34.5 Å². The van der Waals surface area contributed by atoms with E-state index in [9.17, 15) is 9.59 Å². The van der Waals surface area contributed by atoms with E-state index in [1.807, 2.05) is 25.3 Å². The smallest absolute Gasteiger partial charge is 0.251 e. The Morgan fingerprint density at radius 3 is 2.58 bits per heavy atom. The highest BCUT2D eigenvalue weighted by molar-refractivity contribution is 9.10. The molecule has 128 valence electrons. The maximum absolute atomic E-state index is 11.9. The Labute approximate surface area is 149 Å². The monoisotopic (exact) mass is 392 g/mol. The van der Waals surface area contributed by atoms with Gasteiger partial charge in [0.1, 0.15) is 0 Å². The second-order valence-electron chi connectivity index (χ2n) is 5.49. The van der Waals surface area contributed by atoms with Crippen LogP contribution in [0.15, 0.2) is 34.9 Å². The zero-order chi connectivity index (χ0) is 17.4. The van der Waals surface area contributed by atoms with Gasteiger partial charge in [0.05, 0.1) is 6.20 Å². The van der Waals surface area contributed by atoms with Gasteiger partial charge in [0.25, 0.3) is 5.91 Å². The highest BCUT2D eigenvalue weighted by Crippen LogP contribution is 2.10. The summed E-state index contributed by atoms with van der Waals surface area (Å²) in [6.07, 6.45) is 3.82. The molecule has 1 aromatic heterocycles. The molecular formula is C17H21BrN4O2. The average Bonchev–Trinajstić information content (AvgIpc) is 2.97. The summed E-state index contributed by atoms with van der Waals surface area (Å²) in [6, 6.07) is 7.08. The van der Waals surface area contributed by atoms with E-state index in [1.165, 1.54) is 5.56 Å². The minimum atomic E-state index is -0.175. The number of carbonyl (C=O) groups excluding carboxylic acids is 2. The minimum absolute atomic E-state index is 0.0602. The van der Waals surface area contributed by atoms with Crippen molar-refractivity contribution < 1.29 is 9.59 Å². The van der Waals surface area contributed by atoms with Crippen LogP contribution >= 0.6 is 15.9 Å². The van der Waals surface area contributed by atoms with Gasteiger partial charge >= 0.3 is 0 Å². The zero-order valence-corrected chi connectivity index (χ0v) is 15.1. The second kappa shape index (κ2) is 9.22. The average molecular weight is 393 g/mol. The SMILES string of the molecule is Cc1[nH]ncc1CCCNC(=O)CCNC(=O)c1ccc(Br)cc1. The van der Waals surface area contributed by atoms with Crippen LogP contribution in [0.4, 0.5) is 0 Å². The van der Waals surface area contributed by atoms with Crippen molar-refractivity contribution in [1.82, 2.24) is 20.8 Å². The summed E-state index contributed by atoms with van der Waals surface area (Å²) in [4.78, 5) is 23.6. The molecule has 2 rings (SSSR count). The first-order valence-corrected chi connectivity index (χ1v) is 8.65. The normalized spacial score (nSPS) is 10.4. The summed E-state index contributed by atoms with van der Waals surface area (Å²) < 4.78 is 0.920. The van der Waals surface area contributed by atoms with E-state index < -0.39 is 0 Å². The molecule has 2 amide bonds. The molecule has 7 heteroatoms. The minimum Gasteiger partial charge on any atom is -0.356 e. The summed E-state index contributed by atoms with van der Waals surface area (Å²) >= 11 is 3.32. The maximum atomic E-state index is 11.9. The number of rotatable bonds is 8. The van der Waals surface area contributed by atoms with E-state index in [0.717, 1.165) is 23.0 Å². The lowest BCUT2D eigenvalue weighted by atomic mass is 10.1. The molecule has 0 aliphatic heterocycles. The van der Waals surface area contributed by atoms with Gasteiger partial charge in [-0.25, -0.2) is 0 Å². The largest absolute Gasteiger partial charge is 0.356 e. The molecule has 0 unspecified atom stereocenters. The standard InChI is InChI=1S/C17H21BrN4O2/c1-12-14(11-21-22-12)3-2-9-19-16(23)8-10-20-17(24)13-4-6-15(18)7-5-13/h4-7,11H,2-3,8-10H2,1H3,(H,19,23)(H,20,24)(H,21,22). The van der Waals surface area contributed by atoms with E-state index in [-0.39, 0.29) is 18.2 Å². The number of hydrogen-bond donors (Lipinski definition) is 3. The molecule has 24 heavy (non-hydrogen) atoms. The van der Waals surface area contributed by atoms with Crippen LogP contribution in [-0.4, -0.2) is 35.1 Å². The number of hydrogen-bond acceptors (Lipinski definition) is 3. The molecule has 0 atom stereocenters. The number of halogens is 1. The summed E-state index contributed by atoms with van der Waals surface area (Å²) in [6.45, 7) is 2.92. The van der Waals surface area contributed by atoms with Gasteiger partial charge in [-0.3, -0.25) is 14.7 Å². The predicted octanol–water partition coefficient (Wildman–Crippen LogP) is 2.35. The Bertz CT molecular complexity index is 682. The zero-order valence-electron chi connectivity index (χ0n) is 13.6. The Kier molecular flexibility index (Phi) is 6.99. The third kappa shape index (κ3) is 5.81. The Morgan fingerprint density at radius 2 is 1.92 bits per heavy atom. The summed E-state index contributed by atoms with van der Waals surface area (Å²) in [5.41, 5.74) is 2.82. The van der Waals surface area contributed by atoms with Crippen molar-refractivity contribution in [3.8, 4) is 0 Å². The van der Waals surface area contributed by atoms with Crippen LogP contribution in [0.3, 0.4) is 0 Å². The van der Waals surface area contributed by atoms with Crippen LogP contribution in [0.5, 0.6) is 0 Å². The molecule has 6 nitrogen and oxygen atoms in total. The number of nitrogens with zero attached hydrogens (tertiary/aromatic N) is 1. The number of benzene rings is 1. The van der Waals surface area contributed by atoms with Gasteiger partial charge in [-0.05, 0) is 49.6 Å². The van der Waals surface area contributed by atoms with Crippen molar-refractivity contribution in [1.29, 1.82) is 0 Å². The summed E-state index contributed by atoms with van der Waals surface area (Å²) in [7, 11) is 0. The lowest BCUT2D eigenvalue weighted by Crippen LogP contribution is -2.31. The fourth-order valence-corrected chi connectivity index (χ4v) is 2.48. The van der Waals surface area contributed by atoms with Gasteiger partial charge < -0.3 is 10.6 Å². The van der Waals surface area contributed by atoms with Crippen LogP contribution in [-0.2, 0) is 11.2 Å². The second-order valence-corrected chi connectivity index (χ2v) is 6.40. The lowest BCUT2D eigenvalue weighted by molar-refractivity contribution is -0.120. The van der Waals surface area contributed by atoms with Gasteiger partial charge in [-0.2, -0.15) is 5.10 Å². The number of aromatic amines is 1. The fraction of sp³-hybridized carbons (Fsp3) is 0.353. The molecule has 0 saturated heterocycles. The summed E-state index contributed by atoms with van der Waals surface area (Å²) in [5, 5.41) is 12.5. The number of aromatic nitrogens is 2. The van der Waals surface area contributed by atoms with E-state index in [1.54, 1.807) is 12.1 Å². The number of carbonyl (C=O) groups is 2. The van der Waals surface area contributed by atoms with E-state index >= 15 is 0 Å². The van der Waals surface area contributed by atoms with Gasteiger partial charge in [-0.1, -0.05) is 15.9 Å². The molecule has 2 aromatic rings. The van der Waals surface area contributed by atoms with Gasteiger partial charge in [0, 0.05) is 35.2 Å². The number of aryl methyl sites for hydroxylation is 2. The van der Waals surface area contributed by atoms with Gasteiger partial charge in [0.2, 0.25) is 5.91 Å². The van der Waals surface area contributed by atoms with E-state index in [4.69, 9.17) is 0 Å². The Balaban J connectivity index is 1.58. The molecule has 1 heterocycles. The van der Waals surface area contributed by atoms with Crippen LogP contribution in [0, 0.1) is 6.92 Å². The van der Waals surface area contributed by atoms with E-state index in [0.29, 0.717) is 18.7 Å². The molecule has 0 spiro atoms. The van der Waals surface area contributed by atoms with Crippen molar-refractivity contribution in [3.05, 3.63) is 51.8 Å². The van der Waals surface area contributed by atoms with Crippen LogP contribution in [0.25, 0.3) is 0 Å². The topological polar surface area (TPSA) is 86.9 Å². The molecular weight excluding hydrogens is 372 g/mol. The highest BCUT2D eigenvalue weighted by atomic mass is 79.9. The number of amides is 2. The van der Waals surface area contributed by atoms with Crippen molar-refractivity contribution in [2.24, 2.45) is 0 Å². The lowest BCUT2D eigenvalue weighted by Gasteiger charge is -2.07. The molecule has 0 saturated carbocycles. The third-order valence-corrected chi connectivity index (χ3v) is 4.15. The fourth-order valence-electron chi connectivity index (χ4n) is 2.22. The quantitative estimate of drug-likeness (QED) is 0.602. The van der Waals surface area contributed by atoms with Gasteiger partial charge in [0.15, 0.2) is 0 Å². The first-order valence-electron chi connectivity index (χ1n) is 7.85. The number of nitrogens with one attached hydrogen (secondary N) is 3. The molecule has 0 fully saturated rings. The number of H-pyrrole nitrogens is 1. The molecule has 0 aliphatic carbocycles. The maximum Gasteiger partial charge on any atom is 0.251 e. The van der Waals surface area contributed by atoms with Crippen molar-refractivity contribution in [2.45, 2.75) is 26.2 Å².